The van der Waals surface area contributed by atoms with Crippen molar-refractivity contribution in [2.24, 2.45) is 12.0 Å². The Bertz CT molecular complexity index is 777. The van der Waals surface area contributed by atoms with Gasteiger partial charge in [0.15, 0.2) is 0 Å². The molecule has 0 spiro atoms. The van der Waals surface area contributed by atoms with Crippen LogP contribution in [0.15, 0.2) is 46.4 Å². The number of nitrogens with one attached hydrogen (secondary N) is 1. The molecule has 1 aromatic heterocycles. The number of hydrogen-bond donors (Lipinski definition) is 1. The molecule has 7 heteroatoms. The molecule has 0 bridgehead atoms. The average molecular weight is 290 g/mol. The molecule has 0 saturated heterocycles. The molecule has 6 nitrogen and oxygen atoms in total. The summed E-state index contributed by atoms with van der Waals surface area (Å²) in [5.41, 5.74) is 1.57. The molecular formula is C13H14N4O2S. The number of amidine groups is 1. The highest BCUT2D eigenvalue weighted by atomic mass is 32.2. The van der Waals surface area contributed by atoms with Crippen LogP contribution in [0.25, 0.3) is 0 Å². The molecule has 0 fully saturated rings. The Balaban J connectivity index is 1.80. The van der Waals surface area contributed by atoms with Gasteiger partial charge in [-0.2, -0.15) is 5.10 Å². The lowest BCUT2D eigenvalue weighted by atomic mass is 10.2. The number of aryl methyl sites for hydroxylation is 1. The van der Waals surface area contributed by atoms with E-state index in [2.05, 4.69) is 14.8 Å². The normalized spacial score (nSPS) is 17.9. The van der Waals surface area contributed by atoms with Gasteiger partial charge in [0.25, 0.3) is 10.0 Å². The monoisotopic (exact) mass is 290 g/mol. The number of rotatable bonds is 3. The summed E-state index contributed by atoms with van der Waals surface area (Å²) < 4.78 is 28.0. The molecule has 1 aliphatic heterocycles. The number of fused-ring (bicyclic) bond motifs is 1. The van der Waals surface area contributed by atoms with E-state index in [-0.39, 0.29) is 4.90 Å². The van der Waals surface area contributed by atoms with Crippen LogP contribution in [0.3, 0.4) is 0 Å². The van der Waals surface area contributed by atoms with E-state index in [0.717, 1.165) is 5.69 Å². The molecule has 1 N–H and O–H groups in total. The van der Waals surface area contributed by atoms with Gasteiger partial charge in [0.05, 0.1) is 10.6 Å². The highest BCUT2D eigenvalue weighted by Gasteiger charge is 2.29. The smallest absolute Gasteiger partial charge is 0.263 e. The van der Waals surface area contributed by atoms with Crippen molar-refractivity contribution in [3.63, 3.8) is 0 Å². The quantitative estimate of drug-likeness (QED) is 0.904. The van der Waals surface area contributed by atoms with Crippen LogP contribution in [0.2, 0.25) is 0 Å². The van der Waals surface area contributed by atoms with E-state index in [1.807, 2.05) is 19.3 Å². The van der Waals surface area contributed by atoms with E-state index < -0.39 is 10.0 Å². The summed E-state index contributed by atoms with van der Waals surface area (Å²) in [6.07, 6.45) is 2.55. The molecule has 1 aromatic carbocycles. The third kappa shape index (κ3) is 2.32. The van der Waals surface area contributed by atoms with Crippen LogP contribution in [0.1, 0.15) is 11.3 Å². The minimum absolute atomic E-state index is 0.289. The van der Waals surface area contributed by atoms with Crippen LogP contribution in [-0.4, -0.2) is 30.6 Å². The van der Waals surface area contributed by atoms with Gasteiger partial charge < -0.3 is 0 Å². The van der Waals surface area contributed by atoms with Gasteiger partial charge in [-0.25, -0.2) is 8.42 Å². The van der Waals surface area contributed by atoms with Crippen molar-refractivity contribution in [1.82, 2.24) is 14.5 Å². The van der Waals surface area contributed by atoms with Crippen LogP contribution in [0.5, 0.6) is 0 Å². The summed E-state index contributed by atoms with van der Waals surface area (Å²) in [6, 6.07) is 8.77. The van der Waals surface area contributed by atoms with Crippen molar-refractivity contribution in [3.05, 3.63) is 47.8 Å². The first-order valence-corrected chi connectivity index (χ1v) is 7.70. The second-order valence-corrected chi connectivity index (χ2v) is 6.21. The summed E-state index contributed by atoms with van der Waals surface area (Å²) in [5.74, 6) is 0.413. The van der Waals surface area contributed by atoms with Crippen LogP contribution in [0, 0.1) is 0 Å². The first kappa shape index (κ1) is 12.9. The molecule has 0 unspecified atom stereocenters. The van der Waals surface area contributed by atoms with Gasteiger partial charge >= 0.3 is 0 Å². The Hall–Kier alpha value is -2.15. The summed E-state index contributed by atoms with van der Waals surface area (Å²) in [4.78, 5) is 4.63. The molecular weight excluding hydrogens is 276 g/mol. The Morgan fingerprint density at radius 1 is 1.30 bits per heavy atom. The van der Waals surface area contributed by atoms with Crippen molar-refractivity contribution in [3.8, 4) is 0 Å². The van der Waals surface area contributed by atoms with Crippen LogP contribution in [-0.2, 0) is 23.5 Å². The lowest BCUT2D eigenvalue weighted by Gasteiger charge is -1.98. The van der Waals surface area contributed by atoms with Gasteiger partial charge in [-0.05, 0) is 18.2 Å². The van der Waals surface area contributed by atoms with E-state index in [1.54, 1.807) is 28.9 Å². The maximum Gasteiger partial charge on any atom is 0.263 e. The zero-order valence-electron chi connectivity index (χ0n) is 10.9. The third-order valence-corrected chi connectivity index (χ3v) is 4.47. The summed E-state index contributed by atoms with van der Waals surface area (Å²) in [5, 5.41) is 4.26. The topological polar surface area (TPSA) is 76.3 Å². The molecule has 0 aliphatic carbocycles. The molecule has 0 radical (unpaired) electrons. The van der Waals surface area contributed by atoms with Crippen molar-refractivity contribution >= 4 is 15.9 Å². The van der Waals surface area contributed by atoms with E-state index in [1.165, 1.54) is 0 Å². The molecule has 0 atom stereocenters. The van der Waals surface area contributed by atoms with Crippen molar-refractivity contribution in [2.45, 2.75) is 11.3 Å². The Kier molecular flexibility index (Phi) is 3.06. The van der Waals surface area contributed by atoms with Gasteiger partial charge in [-0.1, -0.05) is 12.1 Å². The fourth-order valence-corrected chi connectivity index (χ4v) is 3.38. The number of sulfonamides is 1. The SMILES string of the molecule is Cn1ccc(CCN=C2NS(=O)(=O)c3ccccc32)n1. The highest BCUT2D eigenvalue weighted by Crippen LogP contribution is 2.22. The third-order valence-electron chi connectivity index (χ3n) is 3.07. The number of aromatic nitrogens is 2. The van der Waals surface area contributed by atoms with Crippen LogP contribution in [0.4, 0.5) is 0 Å². The lowest BCUT2D eigenvalue weighted by molar-refractivity contribution is 0.595. The summed E-state index contributed by atoms with van der Waals surface area (Å²) in [7, 11) is -1.59. The predicted molar refractivity (Wildman–Crippen MR) is 75.1 cm³/mol. The van der Waals surface area contributed by atoms with Gasteiger partial charge in [-0.15, -0.1) is 0 Å². The zero-order valence-corrected chi connectivity index (χ0v) is 11.8. The number of aliphatic imine (C=N–C) groups is 1. The fraction of sp³-hybridized carbons (Fsp3) is 0.231. The molecule has 104 valence electrons. The molecule has 20 heavy (non-hydrogen) atoms. The second-order valence-electron chi connectivity index (χ2n) is 4.56. The maximum absolute atomic E-state index is 11.9. The van der Waals surface area contributed by atoms with Crippen molar-refractivity contribution < 1.29 is 8.42 Å². The number of nitrogens with zero attached hydrogens (tertiary/aromatic N) is 3. The van der Waals surface area contributed by atoms with E-state index in [9.17, 15) is 8.42 Å². The first-order chi connectivity index (χ1) is 9.56. The van der Waals surface area contributed by atoms with Crippen molar-refractivity contribution in [1.29, 1.82) is 0 Å². The van der Waals surface area contributed by atoms with Crippen LogP contribution >= 0.6 is 0 Å². The van der Waals surface area contributed by atoms with E-state index in [4.69, 9.17) is 0 Å². The van der Waals surface area contributed by atoms with Crippen molar-refractivity contribution in [2.75, 3.05) is 6.54 Å². The average Bonchev–Trinajstić information content (AvgIpc) is 2.93. The first-order valence-electron chi connectivity index (χ1n) is 6.21. The zero-order chi connectivity index (χ0) is 14.2. The fourth-order valence-electron chi connectivity index (χ4n) is 2.13. The molecule has 0 saturated carbocycles. The Morgan fingerprint density at radius 2 is 2.10 bits per heavy atom. The van der Waals surface area contributed by atoms with Gasteiger partial charge in [-0.3, -0.25) is 14.4 Å². The highest BCUT2D eigenvalue weighted by molar-refractivity contribution is 7.90. The summed E-state index contributed by atoms with van der Waals surface area (Å²) >= 11 is 0. The number of benzene rings is 1. The Labute approximate surface area is 117 Å². The standard InChI is InChI=1S/C13H14N4O2S/c1-17-9-7-10(15-17)6-8-14-13-11-4-2-3-5-12(11)20(18,19)16-13/h2-5,7,9H,6,8H2,1H3,(H,14,16). The molecule has 2 heterocycles. The van der Waals surface area contributed by atoms with E-state index >= 15 is 0 Å². The number of hydrogen-bond acceptors (Lipinski definition) is 4. The predicted octanol–water partition coefficient (Wildman–Crippen LogP) is 0.701. The van der Waals surface area contributed by atoms with Gasteiger partial charge in [0.2, 0.25) is 0 Å². The second kappa shape index (κ2) is 4.75. The van der Waals surface area contributed by atoms with E-state index in [0.29, 0.717) is 24.4 Å². The molecule has 2 aromatic rings. The van der Waals surface area contributed by atoms with Gasteiger partial charge in [0.1, 0.15) is 5.84 Å². The molecule has 1 aliphatic rings. The molecule has 3 rings (SSSR count). The Morgan fingerprint density at radius 3 is 2.85 bits per heavy atom. The van der Waals surface area contributed by atoms with Gasteiger partial charge in [0, 0.05) is 31.8 Å². The minimum atomic E-state index is -3.45. The largest absolute Gasteiger partial charge is 0.276 e. The maximum atomic E-state index is 11.9. The van der Waals surface area contributed by atoms with Crippen LogP contribution < -0.4 is 4.72 Å². The molecule has 0 amide bonds. The lowest BCUT2D eigenvalue weighted by Crippen LogP contribution is -2.22. The minimum Gasteiger partial charge on any atom is -0.276 e. The summed E-state index contributed by atoms with van der Waals surface area (Å²) in [6.45, 7) is 0.489.